The molecule has 1 aromatic rings. The van der Waals surface area contributed by atoms with E-state index in [1.807, 2.05) is 30.3 Å². The average molecular weight is 359 g/mol. The number of piperidine rings is 1. The molecular weight excluding hydrogens is 338 g/mol. The Morgan fingerprint density at radius 1 is 1.15 bits per heavy atom. The Kier molecular flexibility index (Phi) is 5.50. The lowest BCUT2D eigenvalue weighted by Crippen LogP contribution is -2.57. The number of alkyl carbamates (subject to hydrolysis) is 1. The van der Waals surface area contributed by atoms with Gasteiger partial charge >= 0.3 is 6.09 Å². The second kappa shape index (κ2) is 7.99. The van der Waals surface area contributed by atoms with Crippen LogP contribution in [0.5, 0.6) is 0 Å². The van der Waals surface area contributed by atoms with E-state index in [1.54, 1.807) is 0 Å². The molecule has 1 aliphatic heterocycles. The van der Waals surface area contributed by atoms with E-state index >= 15 is 0 Å². The highest BCUT2D eigenvalue weighted by molar-refractivity contribution is 6.39. The van der Waals surface area contributed by atoms with Crippen molar-refractivity contribution in [3.05, 3.63) is 35.9 Å². The van der Waals surface area contributed by atoms with Gasteiger partial charge in [-0.2, -0.15) is 0 Å². The van der Waals surface area contributed by atoms with Crippen molar-refractivity contribution < 1.29 is 23.9 Å². The Morgan fingerprint density at radius 3 is 2.58 bits per heavy atom. The lowest BCUT2D eigenvalue weighted by Gasteiger charge is -2.24. The van der Waals surface area contributed by atoms with E-state index in [2.05, 4.69) is 16.0 Å². The van der Waals surface area contributed by atoms with Crippen molar-refractivity contribution in [3.63, 3.8) is 0 Å². The SMILES string of the molecule is O=C(NC(C(=O)NC1CCNC(=O)C1=O)C1CC1)OCc1ccccc1. The molecule has 2 fully saturated rings. The van der Waals surface area contributed by atoms with Crippen LogP contribution in [0.3, 0.4) is 0 Å². The van der Waals surface area contributed by atoms with Crippen molar-refractivity contribution in [2.24, 2.45) is 5.92 Å². The maximum atomic E-state index is 12.5. The molecule has 1 saturated heterocycles. The molecule has 3 N–H and O–H groups in total. The largest absolute Gasteiger partial charge is 0.445 e. The Bertz CT molecular complexity index is 702. The van der Waals surface area contributed by atoms with E-state index in [1.165, 1.54) is 0 Å². The molecule has 0 bridgehead atoms. The molecule has 2 atom stereocenters. The molecule has 8 heteroatoms. The highest BCUT2D eigenvalue weighted by Crippen LogP contribution is 2.33. The number of Topliss-reactive ketones (excluding diaryl/α,β-unsaturated/α-hetero) is 1. The molecule has 0 spiro atoms. The predicted molar refractivity (Wildman–Crippen MR) is 90.8 cm³/mol. The van der Waals surface area contributed by atoms with Gasteiger partial charge in [0.15, 0.2) is 0 Å². The summed E-state index contributed by atoms with van der Waals surface area (Å²) < 4.78 is 5.15. The van der Waals surface area contributed by atoms with Crippen LogP contribution in [0.25, 0.3) is 0 Å². The minimum atomic E-state index is -0.848. The Morgan fingerprint density at radius 2 is 1.88 bits per heavy atom. The third-order valence-electron chi connectivity index (χ3n) is 4.44. The van der Waals surface area contributed by atoms with Gasteiger partial charge in [-0.15, -0.1) is 0 Å². The minimum Gasteiger partial charge on any atom is -0.445 e. The van der Waals surface area contributed by atoms with Crippen LogP contribution in [-0.2, 0) is 25.7 Å². The van der Waals surface area contributed by atoms with Crippen LogP contribution < -0.4 is 16.0 Å². The summed E-state index contributed by atoms with van der Waals surface area (Å²) in [4.78, 5) is 47.7. The van der Waals surface area contributed by atoms with Gasteiger partial charge in [0.1, 0.15) is 12.6 Å². The second-order valence-corrected chi connectivity index (χ2v) is 6.49. The molecular formula is C18H21N3O5. The molecule has 1 aromatic carbocycles. The highest BCUT2D eigenvalue weighted by atomic mass is 16.5. The van der Waals surface area contributed by atoms with E-state index in [-0.39, 0.29) is 12.5 Å². The first-order chi connectivity index (χ1) is 12.5. The van der Waals surface area contributed by atoms with Crippen molar-refractivity contribution in [1.82, 2.24) is 16.0 Å². The first-order valence-electron chi connectivity index (χ1n) is 8.64. The van der Waals surface area contributed by atoms with Gasteiger partial charge in [-0.25, -0.2) is 4.79 Å². The van der Waals surface area contributed by atoms with Crippen LogP contribution in [0, 0.1) is 5.92 Å². The number of ketones is 1. The monoisotopic (exact) mass is 359 g/mol. The number of hydrogen-bond acceptors (Lipinski definition) is 5. The van der Waals surface area contributed by atoms with Crippen LogP contribution in [0.1, 0.15) is 24.8 Å². The van der Waals surface area contributed by atoms with Crippen LogP contribution >= 0.6 is 0 Å². The van der Waals surface area contributed by atoms with E-state index in [0.29, 0.717) is 13.0 Å². The zero-order valence-electron chi connectivity index (χ0n) is 14.2. The zero-order chi connectivity index (χ0) is 18.5. The van der Waals surface area contributed by atoms with Crippen LogP contribution in [0.2, 0.25) is 0 Å². The van der Waals surface area contributed by atoms with Gasteiger partial charge in [0.25, 0.3) is 5.91 Å². The molecule has 138 valence electrons. The summed E-state index contributed by atoms with van der Waals surface area (Å²) in [7, 11) is 0. The van der Waals surface area contributed by atoms with Crippen LogP contribution in [0.15, 0.2) is 30.3 Å². The number of carbonyl (C=O) groups is 4. The van der Waals surface area contributed by atoms with E-state index < -0.39 is 35.8 Å². The first-order valence-corrected chi connectivity index (χ1v) is 8.64. The Balaban J connectivity index is 1.53. The van der Waals surface area contributed by atoms with E-state index in [4.69, 9.17) is 4.74 Å². The van der Waals surface area contributed by atoms with Crippen molar-refractivity contribution in [3.8, 4) is 0 Å². The standard InChI is InChI=1S/C18H21N3O5/c22-15-13(8-9-19-17(15)24)20-16(23)14(12-6-7-12)21-18(25)26-10-11-4-2-1-3-5-11/h1-5,12-14H,6-10H2,(H,19,24)(H,20,23)(H,21,25). The van der Waals surface area contributed by atoms with Crippen molar-refractivity contribution >= 4 is 23.7 Å². The van der Waals surface area contributed by atoms with Crippen molar-refractivity contribution in [2.45, 2.75) is 38.0 Å². The molecule has 8 nitrogen and oxygen atoms in total. The van der Waals surface area contributed by atoms with Gasteiger partial charge in [0, 0.05) is 6.54 Å². The third kappa shape index (κ3) is 4.59. The first kappa shape index (κ1) is 17.9. The van der Waals surface area contributed by atoms with E-state index in [9.17, 15) is 19.2 Å². The Labute approximate surface area is 150 Å². The van der Waals surface area contributed by atoms with Gasteiger partial charge in [0.2, 0.25) is 11.7 Å². The fraction of sp³-hybridized carbons (Fsp3) is 0.444. The zero-order valence-corrected chi connectivity index (χ0v) is 14.2. The van der Waals surface area contributed by atoms with Crippen molar-refractivity contribution in [2.75, 3.05) is 6.54 Å². The molecule has 26 heavy (non-hydrogen) atoms. The molecule has 3 rings (SSSR count). The van der Waals surface area contributed by atoms with E-state index in [0.717, 1.165) is 18.4 Å². The fourth-order valence-corrected chi connectivity index (χ4v) is 2.82. The summed E-state index contributed by atoms with van der Waals surface area (Å²) >= 11 is 0. The normalized spacial score (nSPS) is 20.7. The molecule has 1 saturated carbocycles. The second-order valence-electron chi connectivity index (χ2n) is 6.49. The number of carbonyl (C=O) groups excluding carboxylic acids is 4. The maximum absolute atomic E-state index is 12.5. The fourth-order valence-electron chi connectivity index (χ4n) is 2.82. The number of nitrogens with one attached hydrogen (secondary N) is 3. The minimum absolute atomic E-state index is 0.0202. The molecule has 1 heterocycles. The smallest absolute Gasteiger partial charge is 0.408 e. The summed E-state index contributed by atoms with van der Waals surface area (Å²) in [6.07, 6.45) is 1.28. The lowest BCUT2D eigenvalue weighted by molar-refractivity contribution is -0.141. The van der Waals surface area contributed by atoms with Gasteiger partial charge in [-0.05, 0) is 30.7 Å². The number of benzene rings is 1. The molecule has 2 unspecified atom stereocenters. The summed E-state index contributed by atoms with van der Waals surface area (Å²) in [5.41, 5.74) is 0.842. The molecule has 2 aliphatic rings. The maximum Gasteiger partial charge on any atom is 0.408 e. The van der Waals surface area contributed by atoms with Gasteiger partial charge in [0.05, 0.1) is 6.04 Å². The Hall–Kier alpha value is -2.90. The molecule has 0 radical (unpaired) electrons. The topological polar surface area (TPSA) is 114 Å². The van der Waals surface area contributed by atoms with Gasteiger partial charge < -0.3 is 20.7 Å². The van der Waals surface area contributed by atoms with Crippen LogP contribution in [-0.4, -0.2) is 42.3 Å². The third-order valence-corrected chi connectivity index (χ3v) is 4.44. The summed E-state index contributed by atoms with van der Waals surface area (Å²) in [6.45, 7) is 0.434. The van der Waals surface area contributed by atoms with Crippen LogP contribution in [0.4, 0.5) is 4.79 Å². The number of amides is 3. The molecule has 1 aliphatic carbocycles. The lowest BCUT2D eigenvalue weighted by atomic mass is 10.0. The summed E-state index contributed by atoms with van der Waals surface area (Å²) in [5.74, 6) is -1.80. The molecule has 3 amide bonds. The number of rotatable bonds is 6. The average Bonchev–Trinajstić information content (AvgIpc) is 3.47. The number of hydrogen-bond donors (Lipinski definition) is 3. The van der Waals surface area contributed by atoms with Gasteiger partial charge in [-0.1, -0.05) is 30.3 Å². The molecule has 0 aromatic heterocycles. The van der Waals surface area contributed by atoms with Gasteiger partial charge in [-0.3, -0.25) is 14.4 Å². The number of ether oxygens (including phenoxy) is 1. The summed E-state index contributed by atoms with van der Waals surface area (Å²) in [5, 5.41) is 7.59. The summed E-state index contributed by atoms with van der Waals surface area (Å²) in [6, 6.07) is 7.60. The predicted octanol–water partition coefficient (Wildman–Crippen LogP) is 0.265. The quantitative estimate of drug-likeness (QED) is 0.631. The highest BCUT2D eigenvalue weighted by Gasteiger charge is 2.40. The van der Waals surface area contributed by atoms with Crippen molar-refractivity contribution in [1.29, 1.82) is 0 Å².